The van der Waals surface area contributed by atoms with Crippen LogP contribution in [0.25, 0.3) is 0 Å². The number of carboxylic acids is 1. The van der Waals surface area contributed by atoms with Crippen LogP contribution < -0.4 is 4.90 Å². The molecule has 1 N–H and O–H groups in total. The maximum absolute atomic E-state index is 12.3. The number of nitrogens with zero attached hydrogens (tertiary/aromatic N) is 5. The predicted molar refractivity (Wildman–Crippen MR) is 95.6 cm³/mol. The molecule has 0 aromatic carbocycles. The number of hydrogen-bond donors (Lipinski definition) is 1. The van der Waals surface area contributed by atoms with E-state index in [4.69, 9.17) is 9.90 Å². The lowest BCUT2D eigenvalue weighted by Gasteiger charge is -2.46. The van der Waals surface area contributed by atoms with Gasteiger partial charge in [-0.1, -0.05) is 0 Å². The first-order valence-corrected chi connectivity index (χ1v) is 10.3. The van der Waals surface area contributed by atoms with Crippen molar-refractivity contribution < 1.29 is 36.3 Å². The zero-order valence-electron chi connectivity index (χ0n) is 16.0. The van der Waals surface area contributed by atoms with E-state index >= 15 is 0 Å². The van der Waals surface area contributed by atoms with Crippen LogP contribution in [0.1, 0.15) is 6.42 Å². The van der Waals surface area contributed by atoms with Crippen molar-refractivity contribution in [2.75, 3.05) is 44.4 Å². The van der Waals surface area contributed by atoms with Gasteiger partial charge in [0.05, 0.1) is 30.2 Å². The molecule has 1 amide bonds. The molecule has 1 spiro atoms. The molecule has 29 heavy (non-hydrogen) atoms. The number of amides is 1. The number of hydrogen-bond acceptors (Lipinski definition) is 6. The first-order chi connectivity index (χ1) is 13.2. The van der Waals surface area contributed by atoms with E-state index in [0.29, 0.717) is 19.6 Å². The molecule has 1 aromatic heterocycles. The topological polar surface area (TPSA) is 116 Å². The highest BCUT2D eigenvalue weighted by atomic mass is 32.2. The predicted octanol–water partition coefficient (Wildman–Crippen LogP) is -0.264. The normalized spacial score (nSPS) is 23.9. The highest BCUT2D eigenvalue weighted by Crippen LogP contribution is 2.34. The minimum Gasteiger partial charge on any atom is -0.475 e. The van der Waals surface area contributed by atoms with Crippen LogP contribution in [0, 0.1) is 0 Å². The molecule has 0 saturated carbocycles. The van der Waals surface area contributed by atoms with Crippen LogP contribution in [-0.2, 0) is 26.7 Å². The first kappa shape index (κ1) is 23.1. The van der Waals surface area contributed by atoms with Crippen LogP contribution in [0.5, 0.6) is 0 Å². The van der Waals surface area contributed by atoms with E-state index in [9.17, 15) is 26.4 Å². The van der Waals surface area contributed by atoms with Crippen LogP contribution >= 0.6 is 0 Å². The Morgan fingerprint density at radius 3 is 2.28 bits per heavy atom. The molecule has 3 rings (SSSR count). The number of rotatable bonds is 2. The van der Waals surface area contributed by atoms with Crippen LogP contribution in [-0.4, -0.2) is 95.6 Å². The van der Waals surface area contributed by atoms with E-state index in [-0.39, 0.29) is 18.0 Å². The quantitative estimate of drug-likeness (QED) is 0.672. The fraction of sp³-hybridized carbons (Fsp3) is 0.667. The largest absolute Gasteiger partial charge is 0.490 e. The second kappa shape index (κ2) is 7.91. The van der Waals surface area contributed by atoms with Crippen molar-refractivity contribution >= 4 is 27.6 Å². The Morgan fingerprint density at radius 1 is 1.28 bits per heavy atom. The summed E-state index contributed by atoms with van der Waals surface area (Å²) in [5.41, 5.74) is 0.435. The minimum atomic E-state index is -5.08. The Bertz CT molecular complexity index is 887. The molecule has 2 aliphatic rings. The number of carboxylic acid groups (broad SMARTS) is 1. The van der Waals surface area contributed by atoms with Crippen molar-refractivity contribution in [2.45, 2.75) is 18.1 Å². The van der Waals surface area contributed by atoms with Crippen molar-refractivity contribution in [2.24, 2.45) is 7.05 Å². The third kappa shape index (κ3) is 5.25. The molecule has 2 saturated heterocycles. The van der Waals surface area contributed by atoms with E-state index in [2.05, 4.69) is 5.10 Å². The number of aliphatic carboxylic acids is 1. The Morgan fingerprint density at radius 2 is 1.86 bits per heavy atom. The second-order valence-electron chi connectivity index (χ2n) is 7.08. The molecule has 1 aromatic rings. The van der Waals surface area contributed by atoms with Crippen molar-refractivity contribution in [3.8, 4) is 0 Å². The SMILES string of the molecule is CN1CC(=O)N(c2cnn(C)c2)CC12CCN(S(C)(=O)=O)C2.O=C(O)C(F)(F)F. The van der Waals surface area contributed by atoms with Crippen LogP contribution in [0.15, 0.2) is 12.4 Å². The van der Waals surface area contributed by atoms with Gasteiger partial charge in [0.15, 0.2) is 0 Å². The molecule has 1 unspecified atom stereocenters. The van der Waals surface area contributed by atoms with E-state index in [1.54, 1.807) is 29.0 Å². The molecule has 2 aliphatic heterocycles. The van der Waals surface area contributed by atoms with E-state index in [1.807, 2.05) is 11.9 Å². The zero-order chi connectivity index (χ0) is 22.2. The number of carbonyl (C=O) groups is 2. The average molecular weight is 441 g/mol. The summed E-state index contributed by atoms with van der Waals surface area (Å²) in [7, 11) is 0.493. The van der Waals surface area contributed by atoms with Crippen LogP contribution in [0.2, 0.25) is 0 Å². The van der Waals surface area contributed by atoms with Crippen molar-refractivity contribution in [1.82, 2.24) is 19.0 Å². The number of halogens is 3. The maximum Gasteiger partial charge on any atom is 0.490 e. The summed E-state index contributed by atoms with van der Waals surface area (Å²) in [6, 6.07) is 0. The van der Waals surface area contributed by atoms with E-state index < -0.39 is 22.2 Å². The number of sulfonamides is 1. The number of piperazine rings is 1. The van der Waals surface area contributed by atoms with Gasteiger partial charge in [0.1, 0.15) is 0 Å². The van der Waals surface area contributed by atoms with Crippen LogP contribution in [0.4, 0.5) is 18.9 Å². The number of aromatic nitrogens is 2. The molecule has 2 fully saturated rings. The van der Waals surface area contributed by atoms with Gasteiger partial charge in [0.2, 0.25) is 15.9 Å². The Hall–Kier alpha value is -2.19. The fourth-order valence-corrected chi connectivity index (χ4v) is 4.18. The number of likely N-dealkylation sites (N-methyl/N-ethyl adjacent to an activating group) is 1. The third-order valence-corrected chi connectivity index (χ3v) is 6.20. The second-order valence-corrected chi connectivity index (χ2v) is 9.06. The molecule has 14 heteroatoms. The summed E-state index contributed by atoms with van der Waals surface area (Å²) >= 11 is 0. The molecule has 10 nitrogen and oxygen atoms in total. The zero-order valence-corrected chi connectivity index (χ0v) is 16.9. The lowest BCUT2D eigenvalue weighted by Crippen LogP contribution is -2.64. The average Bonchev–Trinajstić information content (AvgIpc) is 3.18. The molecule has 0 radical (unpaired) electrons. The summed E-state index contributed by atoms with van der Waals surface area (Å²) in [4.78, 5) is 25.0. The minimum absolute atomic E-state index is 0.0129. The van der Waals surface area contributed by atoms with Gasteiger partial charge in [-0.3, -0.25) is 14.4 Å². The van der Waals surface area contributed by atoms with Gasteiger partial charge < -0.3 is 10.0 Å². The van der Waals surface area contributed by atoms with Crippen molar-refractivity contribution in [1.29, 1.82) is 0 Å². The molecule has 1 atom stereocenters. The van der Waals surface area contributed by atoms with Gasteiger partial charge >= 0.3 is 12.1 Å². The molecule has 0 aliphatic carbocycles. The van der Waals surface area contributed by atoms with E-state index in [0.717, 1.165) is 12.1 Å². The number of aryl methyl sites for hydroxylation is 1. The monoisotopic (exact) mass is 441 g/mol. The Labute approximate surface area is 165 Å². The highest BCUT2D eigenvalue weighted by molar-refractivity contribution is 7.88. The van der Waals surface area contributed by atoms with Gasteiger partial charge in [-0.15, -0.1) is 0 Å². The summed E-state index contributed by atoms with van der Waals surface area (Å²) in [5, 5.41) is 11.2. The lowest BCUT2D eigenvalue weighted by molar-refractivity contribution is -0.192. The van der Waals surface area contributed by atoms with Gasteiger partial charge in [-0.05, 0) is 13.5 Å². The molecule has 164 valence electrons. The van der Waals surface area contributed by atoms with Crippen molar-refractivity contribution in [3.05, 3.63) is 12.4 Å². The number of carbonyl (C=O) groups excluding carboxylic acids is 1. The van der Waals surface area contributed by atoms with Gasteiger partial charge in [0, 0.05) is 32.9 Å². The third-order valence-electron chi connectivity index (χ3n) is 4.95. The molecule has 3 heterocycles. The van der Waals surface area contributed by atoms with Crippen molar-refractivity contribution in [3.63, 3.8) is 0 Å². The van der Waals surface area contributed by atoms with Gasteiger partial charge in [-0.25, -0.2) is 17.5 Å². The highest BCUT2D eigenvalue weighted by Gasteiger charge is 2.49. The Balaban J connectivity index is 0.000000370. The molecular formula is C15H22F3N5O5S. The standard InChI is InChI=1S/C13H21N5O3S.C2HF3O2/c1-15-8-12(19)18(11-6-14-16(2)7-11)10-13(15)4-5-17(9-13)22(3,20)21;3-2(4,5)1(6)7/h6-7H,4-5,8-10H2,1-3H3;(H,6,7). The molecular weight excluding hydrogens is 419 g/mol. The number of anilines is 1. The maximum atomic E-state index is 12.3. The first-order valence-electron chi connectivity index (χ1n) is 8.41. The lowest BCUT2D eigenvalue weighted by atomic mass is 9.93. The van der Waals surface area contributed by atoms with Crippen LogP contribution in [0.3, 0.4) is 0 Å². The summed E-state index contributed by atoms with van der Waals surface area (Å²) in [6.07, 6.45) is 0.347. The summed E-state index contributed by atoms with van der Waals surface area (Å²) in [5.74, 6) is -2.74. The summed E-state index contributed by atoms with van der Waals surface area (Å²) in [6.45, 7) is 1.69. The van der Waals surface area contributed by atoms with Gasteiger partial charge in [-0.2, -0.15) is 18.3 Å². The Kier molecular flexibility index (Phi) is 6.30. The molecule has 0 bridgehead atoms. The number of alkyl halides is 3. The fourth-order valence-electron chi connectivity index (χ4n) is 3.29. The summed E-state index contributed by atoms with van der Waals surface area (Å²) < 4.78 is 58.5. The smallest absolute Gasteiger partial charge is 0.475 e. The van der Waals surface area contributed by atoms with E-state index in [1.165, 1.54) is 10.6 Å². The van der Waals surface area contributed by atoms with Gasteiger partial charge in [0.25, 0.3) is 0 Å².